The third-order valence-electron chi connectivity index (χ3n) is 5.11. The molecule has 0 unspecified atom stereocenters. The van der Waals surface area contributed by atoms with Crippen molar-refractivity contribution >= 4 is 11.9 Å². The van der Waals surface area contributed by atoms with Gasteiger partial charge in [-0.25, -0.2) is 4.79 Å². The summed E-state index contributed by atoms with van der Waals surface area (Å²) in [6.07, 6.45) is 15.1. The van der Waals surface area contributed by atoms with Crippen molar-refractivity contribution in [1.29, 1.82) is 0 Å². The number of methoxy groups -OCH3 is 2. The number of hydrogen-bond acceptors (Lipinski definition) is 5. The molecule has 26 heavy (non-hydrogen) atoms. The fourth-order valence-electron chi connectivity index (χ4n) is 3.31. The molecule has 2 atom stereocenters. The fourth-order valence-corrected chi connectivity index (χ4v) is 3.31. The largest absolute Gasteiger partial charge is 0.469 e. The van der Waals surface area contributed by atoms with E-state index in [0.29, 0.717) is 6.42 Å². The summed E-state index contributed by atoms with van der Waals surface area (Å²) in [5, 5.41) is 10.3. The first-order chi connectivity index (χ1) is 12.4. The first-order valence-corrected chi connectivity index (χ1v) is 10.3. The van der Waals surface area contributed by atoms with E-state index in [-0.39, 0.29) is 0 Å². The molecule has 0 saturated carbocycles. The molecule has 0 bridgehead atoms. The van der Waals surface area contributed by atoms with Crippen LogP contribution in [0.2, 0.25) is 0 Å². The summed E-state index contributed by atoms with van der Waals surface area (Å²) in [6, 6.07) is 0. The molecule has 0 amide bonds. The number of unbranched alkanes of at least 4 members (excludes halogenated alkanes) is 11. The van der Waals surface area contributed by atoms with Crippen LogP contribution in [0.1, 0.15) is 97.3 Å². The smallest absolute Gasteiger partial charge is 0.338 e. The Morgan fingerprint density at radius 1 is 0.808 bits per heavy atom. The molecule has 0 rings (SSSR count). The molecule has 5 nitrogen and oxygen atoms in total. The second-order valence-corrected chi connectivity index (χ2v) is 7.39. The van der Waals surface area contributed by atoms with Gasteiger partial charge >= 0.3 is 11.9 Å². The second-order valence-electron chi connectivity index (χ2n) is 7.39. The number of hydrogen-bond donors (Lipinski definition) is 1. The van der Waals surface area contributed by atoms with Crippen molar-refractivity contribution in [3.8, 4) is 0 Å². The molecule has 0 radical (unpaired) electrons. The van der Waals surface area contributed by atoms with Crippen molar-refractivity contribution in [2.75, 3.05) is 14.2 Å². The summed E-state index contributed by atoms with van der Waals surface area (Å²) in [4.78, 5) is 23.7. The predicted molar refractivity (Wildman–Crippen MR) is 104 cm³/mol. The fraction of sp³-hybridized carbons (Fsp3) is 0.905. The molecule has 0 aromatic rings. The average molecular weight is 373 g/mol. The molecule has 0 heterocycles. The molecule has 154 valence electrons. The Hall–Kier alpha value is -1.10. The summed E-state index contributed by atoms with van der Waals surface area (Å²) >= 11 is 0. The summed E-state index contributed by atoms with van der Waals surface area (Å²) in [6.45, 7) is 3.56. The lowest BCUT2D eigenvalue weighted by atomic mass is 9.84. The highest BCUT2D eigenvalue weighted by Crippen LogP contribution is 2.26. The highest BCUT2D eigenvalue weighted by atomic mass is 16.5. The van der Waals surface area contributed by atoms with Crippen LogP contribution < -0.4 is 0 Å². The standard InChI is InChI=1S/C21H40O5/c1-5-6-7-8-9-10-11-12-13-14-15-16-17-18(19(22)25-3)21(2,24)20(23)26-4/h18,24H,5-17H2,1-4H3/t18-,21+/m0/s1. The van der Waals surface area contributed by atoms with Gasteiger partial charge in [0.05, 0.1) is 20.1 Å². The molecule has 1 N–H and O–H groups in total. The van der Waals surface area contributed by atoms with Crippen LogP contribution in [0.15, 0.2) is 0 Å². The molecule has 0 fully saturated rings. The van der Waals surface area contributed by atoms with Crippen LogP contribution in [-0.2, 0) is 19.1 Å². The molecular weight excluding hydrogens is 332 g/mol. The Bertz CT molecular complexity index is 379. The van der Waals surface area contributed by atoms with Crippen LogP contribution in [0, 0.1) is 5.92 Å². The Balaban J connectivity index is 3.90. The van der Waals surface area contributed by atoms with Gasteiger partial charge in [0.25, 0.3) is 0 Å². The van der Waals surface area contributed by atoms with Gasteiger partial charge in [0, 0.05) is 0 Å². The zero-order chi connectivity index (χ0) is 19.8. The van der Waals surface area contributed by atoms with Crippen LogP contribution in [-0.4, -0.2) is 36.9 Å². The van der Waals surface area contributed by atoms with Gasteiger partial charge in [0.2, 0.25) is 0 Å². The van der Waals surface area contributed by atoms with E-state index in [9.17, 15) is 14.7 Å². The Morgan fingerprint density at radius 2 is 1.23 bits per heavy atom. The highest BCUT2D eigenvalue weighted by Gasteiger charge is 2.45. The molecule has 0 aliphatic carbocycles. The van der Waals surface area contributed by atoms with E-state index >= 15 is 0 Å². The van der Waals surface area contributed by atoms with Gasteiger partial charge < -0.3 is 14.6 Å². The van der Waals surface area contributed by atoms with Crippen molar-refractivity contribution in [2.45, 2.75) is 103 Å². The van der Waals surface area contributed by atoms with Crippen LogP contribution in [0.25, 0.3) is 0 Å². The SMILES string of the molecule is CCCCCCCCCCCCCC[C@@H](C(=O)OC)[C@@](C)(O)C(=O)OC. The summed E-state index contributed by atoms with van der Waals surface area (Å²) in [5.74, 6) is -2.25. The van der Waals surface area contributed by atoms with Crippen molar-refractivity contribution < 1.29 is 24.2 Å². The van der Waals surface area contributed by atoms with Crippen LogP contribution in [0.3, 0.4) is 0 Å². The van der Waals surface area contributed by atoms with E-state index in [1.54, 1.807) is 0 Å². The van der Waals surface area contributed by atoms with E-state index in [1.807, 2.05) is 0 Å². The molecule has 0 aromatic carbocycles. The molecule has 0 saturated heterocycles. The summed E-state index contributed by atoms with van der Waals surface area (Å²) < 4.78 is 9.35. The topological polar surface area (TPSA) is 72.8 Å². The minimum Gasteiger partial charge on any atom is -0.469 e. The van der Waals surface area contributed by atoms with Gasteiger partial charge in [0.1, 0.15) is 0 Å². The Labute approximate surface area is 159 Å². The van der Waals surface area contributed by atoms with Gasteiger partial charge in [-0.1, -0.05) is 84.0 Å². The van der Waals surface area contributed by atoms with Gasteiger partial charge in [-0.2, -0.15) is 0 Å². The molecule has 0 spiro atoms. The lowest BCUT2D eigenvalue weighted by molar-refractivity contribution is -0.176. The predicted octanol–water partition coefficient (Wildman–Crippen LogP) is 4.79. The summed E-state index contributed by atoms with van der Waals surface area (Å²) in [7, 11) is 2.47. The highest BCUT2D eigenvalue weighted by molar-refractivity contribution is 5.87. The van der Waals surface area contributed by atoms with E-state index in [0.717, 1.165) is 19.3 Å². The van der Waals surface area contributed by atoms with Crippen LogP contribution in [0.4, 0.5) is 0 Å². The lowest BCUT2D eigenvalue weighted by Gasteiger charge is -2.28. The van der Waals surface area contributed by atoms with Crippen LogP contribution >= 0.6 is 0 Å². The number of rotatable bonds is 16. The summed E-state index contributed by atoms with van der Waals surface area (Å²) in [5.41, 5.74) is -1.85. The zero-order valence-corrected chi connectivity index (χ0v) is 17.3. The first-order valence-electron chi connectivity index (χ1n) is 10.3. The third kappa shape index (κ3) is 10.1. The van der Waals surface area contributed by atoms with Crippen molar-refractivity contribution in [3.63, 3.8) is 0 Å². The minimum atomic E-state index is -1.85. The second kappa shape index (κ2) is 15.0. The van der Waals surface area contributed by atoms with Gasteiger partial charge in [0.15, 0.2) is 5.60 Å². The van der Waals surface area contributed by atoms with Crippen molar-refractivity contribution in [2.24, 2.45) is 5.92 Å². The monoisotopic (exact) mass is 372 g/mol. The third-order valence-corrected chi connectivity index (χ3v) is 5.11. The minimum absolute atomic E-state index is 0.423. The molecule has 5 heteroatoms. The Kier molecular flexibility index (Phi) is 14.4. The molecule has 0 aliphatic rings. The number of carbonyl (C=O) groups excluding carboxylic acids is 2. The zero-order valence-electron chi connectivity index (χ0n) is 17.3. The van der Waals surface area contributed by atoms with Gasteiger partial charge in [-0.3, -0.25) is 4.79 Å². The first kappa shape index (κ1) is 24.9. The molecular formula is C21H40O5. The number of aliphatic hydroxyl groups is 1. The number of esters is 2. The van der Waals surface area contributed by atoms with E-state index in [1.165, 1.54) is 78.9 Å². The van der Waals surface area contributed by atoms with Gasteiger partial charge in [-0.15, -0.1) is 0 Å². The lowest BCUT2D eigenvalue weighted by Crippen LogP contribution is -2.47. The van der Waals surface area contributed by atoms with Gasteiger partial charge in [-0.05, 0) is 13.3 Å². The normalized spacial score (nSPS) is 14.5. The molecule has 0 aromatic heterocycles. The van der Waals surface area contributed by atoms with Crippen LogP contribution in [0.5, 0.6) is 0 Å². The van der Waals surface area contributed by atoms with E-state index in [2.05, 4.69) is 11.7 Å². The Morgan fingerprint density at radius 3 is 1.62 bits per heavy atom. The van der Waals surface area contributed by atoms with E-state index in [4.69, 9.17) is 4.74 Å². The maximum Gasteiger partial charge on any atom is 0.338 e. The van der Waals surface area contributed by atoms with E-state index < -0.39 is 23.5 Å². The van der Waals surface area contributed by atoms with Crippen molar-refractivity contribution in [3.05, 3.63) is 0 Å². The quantitative estimate of drug-likeness (QED) is 0.311. The number of ether oxygens (including phenoxy) is 2. The number of carbonyl (C=O) groups is 2. The van der Waals surface area contributed by atoms with Crippen molar-refractivity contribution in [1.82, 2.24) is 0 Å². The average Bonchev–Trinajstić information content (AvgIpc) is 2.64. The maximum absolute atomic E-state index is 11.9. The molecule has 0 aliphatic heterocycles. The maximum atomic E-state index is 11.9.